The number of benzene rings is 1. The summed E-state index contributed by atoms with van der Waals surface area (Å²) in [5.41, 5.74) is 1.11. The van der Waals surface area contributed by atoms with Gasteiger partial charge in [-0.2, -0.15) is 0 Å². The van der Waals surface area contributed by atoms with Gasteiger partial charge in [-0.15, -0.1) is 11.3 Å². The van der Waals surface area contributed by atoms with Crippen LogP contribution < -0.4 is 5.32 Å². The molecule has 0 aliphatic heterocycles. The summed E-state index contributed by atoms with van der Waals surface area (Å²) in [7, 11) is 0. The molecule has 0 fully saturated rings. The highest BCUT2D eigenvalue weighted by Crippen LogP contribution is 2.32. The Kier molecular flexibility index (Phi) is 3.42. The molecule has 1 aromatic carbocycles. The molecule has 0 amide bonds. The highest BCUT2D eigenvalue weighted by molar-refractivity contribution is 7.17. The van der Waals surface area contributed by atoms with Gasteiger partial charge < -0.3 is 5.32 Å². The van der Waals surface area contributed by atoms with E-state index in [4.69, 9.17) is 0 Å². The molecule has 4 heteroatoms. The fourth-order valence-corrected chi connectivity index (χ4v) is 2.93. The summed E-state index contributed by atoms with van der Waals surface area (Å²) < 4.78 is 1.27. The largest absolute Gasteiger partial charge is 0.370 e. The molecular formula is C15H15N3S. The van der Waals surface area contributed by atoms with E-state index in [1.807, 2.05) is 12.3 Å². The van der Waals surface area contributed by atoms with Crippen molar-refractivity contribution in [3.63, 3.8) is 0 Å². The Morgan fingerprint density at radius 3 is 3.00 bits per heavy atom. The summed E-state index contributed by atoms with van der Waals surface area (Å²) in [5.74, 6) is 1.68. The van der Waals surface area contributed by atoms with Gasteiger partial charge in [0.1, 0.15) is 5.82 Å². The first-order valence-electron chi connectivity index (χ1n) is 6.42. The van der Waals surface area contributed by atoms with Gasteiger partial charge in [0, 0.05) is 33.8 Å². The third-order valence-corrected chi connectivity index (χ3v) is 3.90. The topological polar surface area (TPSA) is 37.8 Å². The number of hydrogen-bond acceptors (Lipinski definition) is 4. The van der Waals surface area contributed by atoms with E-state index in [1.165, 1.54) is 10.1 Å². The van der Waals surface area contributed by atoms with Crippen LogP contribution in [-0.2, 0) is 0 Å². The number of thiophene rings is 1. The molecule has 3 aromatic rings. The Morgan fingerprint density at radius 1 is 1.21 bits per heavy atom. The zero-order valence-electron chi connectivity index (χ0n) is 10.8. The SMILES string of the molecule is CCCNc1ccnc(-c2csc3ccccc23)n1. The van der Waals surface area contributed by atoms with Gasteiger partial charge in [-0.1, -0.05) is 25.1 Å². The maximum absolute atomic E-state index is 4.59. The Bertz CT molecular complexity index is 690. The van der Waals surface area contributed by atoms with Crippen LogP contribution in [-0.4, -0.2) is 16.5 Å². The molecule has 19 heavy (non-hydrogen) atoms. The minimum atomic E-state index is 0.790. The van der Waals surface area contributed by atoms with Crippen LogP contribution in [0.15, 0.2) is 41.9 Å². The monoisotopic (exact) mass is 269 g/mol. The molecule has 0 saturated heterocycles. The van der Waals surface area contributed by atoms with Crippen LogP contribution in [0.5, 0.6) is 0 Å². The quantitative estimate of drug-likeness (QED) is 0.772. The Labute approximate surface area is 116 Å². The number of nitrogens with zero attached hydrogens (tertiary/aromatic N) is 2. The second-order valence-electron chi connectivity index (χ2n) is 4.34. The van der Waals surface area contributed by atoms with Crippen molar-refractivity contribution in [2.75, 3.05) is 11.9 Å². The molecular weight excluding hydrogens is 254 g/mol. The lowest BCUT2D eigenvalue weighted by Crippen LogP contribution is -2.02. The smallest absolute Gasteiger partial charge is 0.162 e. The highest BCUT2D eigenvalue weighted by atomic mass is 32.1. The number of rotatable bonds is 4. The molecule has 0 spiro atoms. The maximum Gasteiger partial charge on any atom is 0.162 e. The van der Waals surface area contributed by atoms with Gasteiger partial charge in [0.25, 0.3) is 0 Å². The fraction of sp³-hybridized carbons (Fsp3) is 0.200. The van der Waals surface area contributed by atoms with E-state index >= 15 is 0 Å². The number of fused-ring (bicyclic) bond motifs is 1. The summed E-state index contributed by atoms with van der Waals surface area (Å²) in [5, 5.41) is 6.65. The van der Waals surface area contributed by atoms with Crippen molar-refractivity contribution in [2.24, 2.45) is 0 Å². The summed E-state index contributed by atoms with van der Waals surface area (Å²) in [4.78, 5) is 8.98. The summed E-state index contributed by atoms with van der Waals surface area (Å²) in [6.45, 7) is 3.07. The van der Waals surface area contributed by atoms with Crippen molar-refractivity contribution in [3.8, 4) is 11.4 Å². The molecule has 0 atom stereocenters. The predicted octanol–water partition coefficient (Wildman–Crippen LogP) is 4.18. The fourth-order valence-electron chi connectivity index (χ4n) is 1.99. The van der Waals surface area contributed by atoms with Gasteiger partial charge in [0.2, 0.25) is 0 Å². The number of nitrogens with one attached hydrogen (secondary N) is 1. The van der Waals surface area contributed by atoms with Gasteiger partial charge in [-0.25, -0.2) is 9.97 Å². The zero-order valence-corrected chi connectivity index (χ0v) is 11.6. The van der Waals surface area contributed by atoms with Crippen LogP contribution in [0.1, 0.15) is 13.3 Å². The van der Waals surface area contributed by atoms with Crippen LogP contribution >= 0.6 is 11.3 Å². The second kappa shape index (κ2) is 5.36. The number of aromatic nitrogens is 2. The molecule has 96 valence electrons. The van der Waals surface area contributed by atoms with Crippen molar-refractivity contribution in [1.29, 1.82) is 0 Å². The molecule has 0 unspecified atom stereocenters. The third-order valence-electron chi connectivity index (χ3n) is 2.93. The number of anilines is 1. The van der Waals surface area contributed by atoms with Crippen molar-refractivity contribution >= 4 is 27.2 Å². The maximum atomic E-state index is 4.59. The Morgan fingerprint density at radius 2 is 2.11 bits per heavy atom. The van der Waals surface area contributed by atoms with E-state index < -0.39 is 0 Å². The van der Waals surface area contributed by atoms with E-state index in [0.29, 0.717) is 0 Å². The summed E-state index contributed by atoms with van der Waals surface area (Å²) in [6.07, 6.45) is 2.90. The van der Waals surface area contributed by atoms with Crippen LogP contribution in [0, 0.1) is 0 Å². The average molecular weight is 269 g/mol. The molecule has 0 saturated carbocycles. The molecule has 2 aromatic heterocycles. The normalized spacial score (nSPS) is 10.8. The molecule has 0 bridgehead atoms. The molecule has 0 aliphatic carbocycles. The molecule has 3 nitrogen and oxygen atoms in total. The van der Waals surface area contributed by atoms with Crippen LogP contribution in [0.3, 0.4) is 0 Å². The lowest BCUT2D eigenvalue weighted by Gasteiger charge is -2.05. The molecule has 0 radical (unpaired) electrons. The average Bonchev–Trinajstić information content (AvgIpc) is 2.89. The minimum Gasteiger partial charge on any atom is -0.370 e. The van der Waals surface area contributed by atoms with Crippen LogP contribution in [0.25, 0.3) is 21.5 Å². The van der Waals surface area contributed by atoms with E-state index in [0.717, 1.165) is 30.2 Å². The minimum absolute atomic E-state index is 0.790. The highest BCUT2D eigenvalue weighted by Gasteiger charge is 2.08. The first kappa shape index (κ1) is 12.1. The lowest BCUT2D eigenvalue weighted by atomic mass is 10.1. The van der Waals surface area contributed by atoms with Crippen molar-refractivity contribution in [1.82, 2.24) is 9.97 Å². The van der Waals surface area contributed by atoms with Crippen molar-refractivity contribution in [3.05, 3.63) is 41.9 Å². The van der Waals surface area contributed by atoms with Crippen molar-refractivity contribution < 1.29 is 0 Å². The van der Waals surface area contributed by atoms with Gasteiger partial charge in [-0.05, 0) is 18.6 Å². The lowest BCUT2D eigenvalue weighted by molar-refractivity contribution is 0.966. The zero-order chi connectivity index (χ0) is 13.1. The van der Waals surface area contributed by atoms with Crippen LogP contribution in [0.4, 0.5) is 5.82 Å². The van der Waals surface area contributed by atoms with E-state index in [1.54, 1.807) is 11.3 Å². The Balaban J connectivity index is 2.01. The van der Waals surface area contributed by atoms with E-state index in [-0.39, 0.29) is 0 Å². The summed E-state index contributed by atoms with van der Waals surface area (Å²) >= 11 is 1.73. The van der Waals surface area contributed by atoms with Crippen molar-refractivity contribution in [2.45, 2.75) is 13.3 Å². The standard InChI is InChI=1S/C15H15N3S/c1-2-8-16-14-7-9-17-15(18-14)12-10-19-13-6-4-3-5-11(12)13/h3-7,9-10H,2,8H2,1H3,(H,16,17,18). The second-order valence-corrected chi connectivity index (χ2v) is 5.25. The first-order valence-corrected chi connectivity index (χ1v) is 7.30. The van der Waals surface area contributed by atoms with E-state index in [9.17, 15) is 0 Å². The molecule has 1 N–H and O–H groups in total. The summed E-state index contributed by atoms with van der Waals surface area (Å²) in [6, 6.07) is 10.3. The van der Waals surface area contributed by atoms with Gasteiger partial charge in [0.05, 0.1) is 0 Å². The third kappa shape index (κ3) is 2.44. The Hall–Kier alpha value is -1.94. The number of hydrogen-bond donors (Lipinski definition) is 1. The molecule has 2 heterocycles. The van der Waals surface area contributed by atoms with Gasteiger partial charge in [-0.3, -0.25) is 0 Å². The predicted molar refractivity (Wildman–Crippen MR) is 81.6 cm³/mol. The van der Waals surface area contributed by atoms with Gasteiger partial charge >= 0.3 is 0 Å². The van der Waals surface area contributed by atoms with E-state index in [2.05, 4.69) is 51.9 Å². The van der Waals surface area contributed by atoms with Gasteiger partial charge in [0.15, 0.2) is 5.82 Å². The molecule has 3 rings (SSSR count). The first-order chi connectivity index (χ1) is 9.38. The molecule has 0 aliphatic rings. The van der Waals surface area contributed by atoms with Crippen LogP contribution in [0.2, 0.25) is 0 Å².